The maximum Gasteiger partial charge on any atom is 0.322 e. The number of fused-ring (bicyclic) bond motifs is 1. The van der Waals surface area contributed by atoms with E-state index in [0.29, 0.717) is 11.1 Å². The first-order valence-corrected chi connectivity index (χ1v) is 12.6. The van der Waals surface area contributed by atoms with Crippen LogP contribution in [0.25, 0.3) is 10.9 Å². The Hall–Kier alpha value is -3.75. The van der Waals surface area contributed by atoms with Gasteiger partial charge in [0, 0.05) is 23.5 Å². The van der Waals surface area contributed by atoms with E-state index >= 15 is 0 Å². The minimum atomic E-state index is -4.12. The summed E-state index contributed by atoms with van der Waals surface area (Å²) in [5, 5.41) is 10.5. The summed E-state index contributed by atoms with van der Waals surface area (Å²) < 4.78 is 28.3. The molecule has 0 aliphatic rings. The molecular formula is C27H26N2O5S. The molecule has 1 heterocycles. The van der Waals surface area contributed by atoms with Crippen molar-refractivity contribution in [1.29, 1.82) is 0 Å². The van der Waals surface area contributed by atoms with Crippen LogP contribution in [0.1, 0.15) is 35.1 Å². The Kier molecular flexibility index (Phi) is 6.86. The topological polar surface area (TPSA) is 116 Å². The number of ketones is 1. The summed E-state index contributed by atoms with van der Waals surface area (Å²) in [5.74, 6) is -1.85. The summed E-state index contributed by atoms with van der Waals surface area (Å²) in [7, 11) is -4.12. The first-order chi connectivity index (χ1) is 16.7. The zero-order chi connectivity index (χ0) is 25.2. The number of aromatic amines is 1. The van der Waals surface area contributed by atoms with Gasteiger partial charge < -0.3 is 10.1 Å². The van der Waals surface area contributed by atoms with Gasteiger partial charge >= 0.3 is 5.97 Å². The van der Waals surface area contributed by atoms with Crippen LogP contribution in [0, 0.1) is 6.92 Å². The van der Waals surface area contributed by atoms with E-state index in [4.69, 9.17) is 0 Å². The van der Waals surface area contributed by atoms with E-state index in [1.807, 2.05) is 55.5 Å². The molecule has 8 heteroatoms. The lowest BCUT2D eigenvalue weighted by Gasteiger charge is -2.17. The lowest BCUT2D eigenvalue weighted by atomic mass is 9.88. The maximum atomic E-state index is 13.0. The predicted molar refractivity (Wildman–Crippen MR) is 134 cm³/mol. The lowest BCUT2D eigenvalue weighted by molar-refractivity contribution is -0.138. The SMILES string of the molecule is CC(=O)C(c1ccc(C)cc1)c1ccc(S(=O)(=O)NC(Cc2c[nH]c3ccccc23)C(=O)O)cc1. The highest BCUT2D eigenvalue weighted by Crippen LogP contribution is 2.27. The van der Waals surface area contributed by atoms with Crippen molar-refractivity contribution in [3.8, 4) is 0 Å². The van der Waals surface area contributed by atoms with E-state index in [-0.39, 0.29) is 17.1 Å². The monoisotopic (exact) mass is 490 g/mol. The van der Waals surface area contributed by atoms with Crippen molar-refractivity contribution >= 4 is 32.7 Å². The van der Waals surface area contributed by atoms with Crippen molar-refractivity contribution < 1.29 is 23.1 Å². The molecule has 2 atom stereocenters. The highest BCUT2D eigenvalue weighted by atomic mass is 32.2. The van der Waals surface area contributed by atoms with Gasteiger partial charge in [-0.1, -0.05) is 60.2 Å². The van der Waals surface area contributed by atoms with E-state index in [2.05, 4.69) is 9.71 Å². The van der Waals surface area contributed by atoms with E-state index in [1.165, 1.54) is 19.1 Å². The summed E-state index contributed by atoms with van der Waals surface area (Å²) in [4.78, 5) is 27.3. The molecule has 0 bridgehead atoms. The zero-order valence-corrected chi connectivity index (χ0v) is 20.2. The number of hydrogen-bond donors (Lipinski definition) is 3. The average molecular weight is 491 g/mol. The molecule has 4 aromatic rings. The lowest BCUT2D eigenvalue weighted by Crippen LogP contribution is -2.42. The van der Waals surface area contributed by atoms with Crippen LogP contribution >= 0.6 is 0 Å². The number of Topliss-reactive ketones (excluding diaryl/α,β-unsaturated/α-hetero) is 1. The van der Waals surface area contributed by atoms with E-state index in [1.54, 1.807) is 18.3 Å². The van der Waals surface area contributed by atoms with Gasteiger partial charge in [-0.15, -0.1) is 0 Å². The number of nitrogens with one attached hydrogen (secondary N) is 2. The number of aliphatic carboxylic acids is 1. The Morgan fingerprint density at radius 1 is 0.943 bits per heavy atom. The number of aromatic nitrogens is 1. The third-order valence-electron chi connectivity index (χ3n) is 6.04. The van der Waals surface area contributed by atoms with Crippen molar-refractivity contribution in [1.82, 2.24) is 9.71 Å². The number of hydrogen-bond acceptors (Lipinski definition) is 4. The third kappa shape index (κ3) is 5.34. The van der Waals surface area contributed by atoms with Crippen LogP contribution < -0.4 is 4.72 Å². The number of H-pyrrole nitrogens is 1. The van der Waals surface area contributed by atoms with Gasteiger partial charge in [0.25, 0.3) is 0 Å². The minimum Gasteiger partial charge on any atom is -0.480 e. The molecule has 4 rings (SSSR count). The summed E-state index contributed by atoms with van der Waals surface area (Å²) in [6, 6.07) is 19.7. The second-order valence-electron chi connectivity index (χ2n) is 8.60. The fourth-order valence-electron chi connectivity index (χ4n) is 4.22. The molecule has 0 aliphatic heterocycles. The van der Waals surface area contributed by atoms with Crippen LogP contribution in [0.3, 0.4) is 0 Å². The Balaban J connectivity index is 1.57. The number of sulfonamides is 1. The standard InChI is InChI=1S/C27H26N2O5S/c1-17-7-9-19(10-8-17)26(18(2)30)20-11-13-22(14-12-20)35(33,34)29-25(27(31)32)15-21-16-28-24-6-4-3-5-23(21)24/h3-14,16,25-26,28-29H,15H2,1-2H3,(H,31,32). The van der Waals surface area contributed by atoms with Gasteiger partial charge in [0.15, 0.2) is 0 Å². The summed E-state index contributed by atoms with van der Waals surface area (Å²) in [6.45, 7) is 3.46. The van der Waals surface area contributed by atoms with Gasteiger partial charge in [-0.25, -0.2) is 8.42 Å². The summed E-state index contributed by atoms with van der Waals surface area (Å²) in [5.41, 5.74) is 4.10. The van der Waals surface area contributed by atoms with Gasteiger partial charge in [-0.05, 0) is 48.7 Å². The van der Waals surface area contributed by atoms with Crippen molar-refractivity contribution in [2.75, 3.05) is 0 Å². The fraction of sp³-hybridized carbons (Fsp3) is 0.185. The molecule has 35 heavy (non-hydrogen) atoms. The van der Waals surface area contributed by atoms with Crippen LogP contribution in [0.15, 0.2) is 83.9 Å². The van der Waals surface area contributed by atoms with Crippen LogP contribution in [0.2, 0.25) is 0 Å². The predicted octanol–water partition coefficient (Wildman–Crippen LogP) is 4.17. The number of aryl methyl sites for hydroxylation is 1. The molecule has 2 unspecified atom stereocenters. The van der Waals surface area contributed by atoms with Crippen molar-refractivity contribution in [3.63, 3.8) is 0 Å². The molecule has 0 amide bonds. The number of carbonyl (C=O) groups is 2. The molecule has 180 valence electrons. The minimum absolute atomic E-state index is 0.0174. The Bertz CT molecular complexity index is 1470. The summed E-state index contributed by atoms with van der Waals surface area (Å²) in [6.07, 6.45) is 1.67. The molecule has 0 saturated carbocycles. The van der Waals surface area contributed by atoms with Crippen molar-refractivity contribution in [2.45, 2.75) is 37.1 Å². The van der Waals surface area contributed by atoms with Crippen LogP contribution in [0.4, 0.5) is 0 Å². The Morgan fingerprint density at radius 2 is 1.54 bits per heavy atom. The molecule has 0 spiro atoms. The molecule has 3 aromatic carbocycles. The number of para-hydroxylation sites is 1. The zero-order valence-electron chi connectivity index (χ0n) is 19.4. The quantitative estimate of drug-likeness (QED) is 0.326. The van der Waals surface area contributed by atoms with E-state index in [0.717, 1.165) is 22.0 Å². The highest BCUT2D eigenvalue weighted by Gasteiger charge is 2.27. The molecule has 7 nitrogen and oxygen atoms in total. The number of rotatable bonds is 9. The molecule has 3 N–H and O–H groups in total. The van der Waals surface area contributed by atoms with Gasteiger partial charge in [0.05, 0.1) is 10.8 Å². The molecular weight excluding hydrogens is 464 g/mol. The maximum absolute atomic E-state index is 13.0. The van der Waals surface area contributed by atoms with Gasteiger partial charge in [-0.2, -0.15) is 4.72 Å². The van der Waals surface area contributed by atoms with Gasteiger partial charge in [0.2, 0.25) is 10.0 Å². The first kappa shape index (κ1) is 24.4. The number of benzene rings is 3. The van der Waals surface area contributed by atoms with Crippen LogP contribution in [-0.4, -0.2) is 36.3 Å². The molecule has 0 aliphatic carbocycles. The molecule has 1 aromatic heterocycles. The van der Waals surface area contributed by atoms with E-state index in [9.17, 15) is 23.1 Å². The van der Waals surface area contributed by atoms with Gasteiger partial charge in [-0.3, -0.25) is 9.59 Å². The van der Waals surface area contributed by atoms with Gasteiger partial charge in [0.1, 0.15) is 11.8 Å². The highest BCUT2D eigenvalue weighted by molar-refractivity contribution is 7.89. The summed E-state index contributed by atoms with van der Waals surface area (Å²) >= 11 is 0. The number of carboxylic acids is 1. The normalized spacial score (nSPS) is 13.4. The fourth-order valence-corrected chi connectivity index (χ4v) is 5.40. The molecule has 0 saturated heterocycles. The van der Waals surface area contributed by atoms with Crippen LogP contribution in [0.5, 0.6) is 0 Å². The largest absolute Gasteiger partial charge is 0.480 e. The Labute approximate surface area is 203 Å². The smallest absolute Gasteiger partial charge is 0.322 e. The number of carboxylic acid groups (broad SMARTS) is 1. The van der Waals surface area contributed by atoms with Crippen molar-refractivity contribution in [2.24, 2.45) is 0 Å². The van der Waals surface area contributed by atoms with Crippen LogP contribution in [-0.2, 0) is 26.0 Å². The second kappa shape index (κ2) is 9.85. The van der Waals surface area contributed by atoms with Crippen molar-refractivity contribution in [3.05, 3.63) is 101 Å². The van der Waals surface area contributed by atoms with E-state index < -0.39 is 28.0 Å². The number of carbonyl (C=O) groups excluding carboxylic acids is 1. The molecule has 0 fully saturated rings. The Morgan fingerprint density at radius 3 is 2.14 bits per heavy atom. The molecule has 0 radical (unpaired) electrons. The second-order valence-corrected chi connectivity index (χ2v) is 10.3. The average Bonchev–Trinajstić information content (AvgIpc) is 3.23. The first-order valence-electron chi connectivity index (χ1n) is 11.1. The third-order valence-corrected chi connectivity index (χ3v) is 7.52.